The minimum atomic E-state index is 0.745. The van der Waals surface area contributed by atoms with E-state index in [1.807, 2.05) is 0 Å². The van der Waals surface area contributed by atoms with Crippen molar-refractivity contribution in [1.29, 1.82) is 5.41 Å². The Hall–Kier alpha value is -1.55. The predicted molar refractivity (Wildman–Crippen MR) is 73.8 cm³/mol. The highest BCUT2D eigenvalue weighted by atomic mass is 16.5. The maximum absolute atomic E-state index is 7.89. The van der Waals surface area contributed by atoms with Crippen molar-refractivity contribution in [2.24, 2.45) is 0 Å². The first-order chi connectivity index (χ1) is 8.84. The van der Waals surface area contributed by atoms with Gasteiger partial charge in [-0.3, -0.25) is 5.41 Å². The van der Waals surface area contributed by atoms with E-state index < -0.39 is 0 Å². The molecule has 4 nitrogen and oxygen atoms in total. The quantitative estimate of drug-likeness (QED) is 0.867. The van der Waals surface area contributed by atoms with Crippen LogP contribution in [0.2, 0.25) is 0 Å². The highest BCUT2D eigenvalue weighted by molar-refractivity contribution is 5.97. The Bertz CT molecular complexity index is 423. The molecule has 0 aliphatic carbocycles. The van der Waals surface area contributed by atoms with Gasteiger partial charge in [-0.05, 0) is 30.7 Å². The number of ether oxygens (including phenoxy) is 1. The number of nitrogens with zero attached hydrogens (tertiary/aromatic N) is 2. The molecule has 0 saturated carbocycles. The Morgan fingerprint density at radius 2 is 1.61 bits per heavy atom. The van der Waals surface area contributed by atoms with Gasteiger partial charge in [0, 0.05) is 37.4 Å². The van der Waals surface area contributed by atoms with Gasteiger partial charge in [-0.2, -0.15) is 0 Å². The summed E-state index contributed by atoms with van der Waals surface area (Å²) < 4.78 is 5.36. The summed E-state index contributed by atoms with van der Waals surface area (Å²) in [7, 11) is 0. The smallest absolute Gasteiger partial charge is 0.100 e. The Morgan fingerprint density at radius 3 is 2.22 bits per heavy atom. The largest absolute Gasteiger partial charge is 0.378 e. The molecule has 2 aliphatic rings. The molecule has 0 bridgehead atoms. The molecule has 1 N–H and O–H groups in total. The molecule has 1 aromatic rings. The van der Waals surface area contributed by atoms with Gasteiger partial charge in [-0.15, -0.1) is 0 Å². The van der Waals surface area contributed by atoms with Crippen LogP contribution in [-0.4, -0.2) is 38.7 Å². The number of hydrogen-bond donors (Lipinski definition) is 1. The first-order valence-electron chi connectivity index (χ1n) is 6.62. The zero-order chi connectivity index (χ0) is 12.4. The SMILES string of the molecule is N=C1CCCN1c1ccc(N2CCOCC2)cc1. The summed E-state index contributed by atoms with van der Waals surface area (Å²) in [6.45, 7) is 4.56. The fourth-order valence-corrected chi connectivity index (χ4v) is 2.62. The van der Waals surface area contributed by atoms with E-state index in [1.165, 1.54) is 5.69 Å². The molecule has 18 heavy (non-hydrogen) atoms. The molecule has 2 saturated heterocycles. The average molecular weight is 245 g/mol. The second kappa shape index (κ2) is 4.98. The van der Waals surface area contributed by atoms with E-state index in [0.717, 1.165) is 57.2 Å². The number of rotatable bonds is 2. The van der Waals surface area contributed by atoms with Crippen LogP contribution in [0.4, 0.5) is 11.4 Å². The molecule has 96 valence electrons. The second-order valence-corrected chi connectivity index (χ2v) is 4.82. The van der Waals surface area contributed by atoms with Crippen LogP contribution in [0.15, 0.2) is 24.3 Å². The molecular formula is C14H19N3O. The van der Waals surface area contributed by atoms with Crippen molar-refractivity contribution in [3.05, 3.63) is 24.3 Å². The molecular weight excluding hydrogens is 226 g/mol. The zero-order valence-corrected chi connectivity index (χ0v) is 10.6. The molecule has 2 heterocycles. The fraction of sp³-hybridized carbons (Fsp3) is 0.500. The molecule has 4 heteroatoms. The third kappa shape index (κ3) is 2.20. The summed E-state index contributed by atoms with van der Waals surface area (Å²) in [5.41, 5.74) is 2.40. The van der Waals surface area contributed by atoms with E-state index in [0.29, 0.717) is 0 Å². The molecule has 2 aliphatic heterocycles. The van der Waals surface area contributed by atoms with E-state index in [1.54, 1.807) is 0 Å². The van der Waals surface area contributed by atoms with Gasteiger partial charge < -0.3 is 14.5 Å². The molecule has 0 aromatic heterocycles. The Morgan fingerprint density at radius 1 is 0.944 bits per heavy atom. The average Bonchev–Trinajstić information content (AvgIpc) is 2.86. The molecule has 0 atom stereocenters. The van der Waals surface area contributed by atoms with Crippen LogP contribution in [0.25, 0.3) is 0 Å². The summed E-state index contributed by atoms with van der Waals surface area (Å²) in [4.78, 5) is 4.45. The summed E-state index contributed by atoms with van der Waals surface area (Å²) in [5, 5.41) is 7.89. The van der Waals surface area contributed by atoms with Crippen LogP contribution in [0.3, 0.4) is 0 Å². The minimum absolute atomic E-state index is 0.745. The molecule has 2 fully saturated rings. The highest BCUT2D eigenvalue weighted by Crippen LogP contribution is 2.25. The number of amidine groups is 1. The Labute approximate surface area is 108 Å². The minimum Gasteiger partial charge on any atom is -0.378 e. The molecule has 0 amide bonds. The van der Waals surface area contributed by atoms with Gasteiger partial charge in [0.1, 0.15) is 5.84 Å². The molecule has 1 aromatic carbocycles. The van der Waals surface area contributed by atoms with E-state index in [9.17, 15) is 0 Å². The van der Waals surface area contributed by atoms with Crippen LogP contribution in [-0.2, 0) is 4.74 Å². The van der Waals surface area contributed by atoms with Crippen LogP contribution < -0.4 is 9.80 Å². The van der Waals surface area contributed by atoms with Crippen LogP contribution in [0.1, 0.15) is 12.8 Å². The molecule has 0 unspecified atom stereocenters. The zero-order valence-electron chi connectivity index (χ0n) is 10.6. The van der Waals surface area contributed by atoms with E-state index in [-0.39, 0.29) is 0 Å². The van der Waals surface area contributed by atoms with E-state index in [4.69, 9.17) is 10.1 Å². The number of morpholine rings is 1. The van der Waals surface area contributed by atoms with E-state index in [2.05, 4.69) is 34.1 Å². The number of benzene rings is 1. The summed E-state index contributed by atoms with van der Waals surface area (Å²) in [6.07, 6.45) is 2.01. The van der Waals surface area contributed by atoms with Gasteiger partial charge in [0.25, 0.3) is 0 Å². The lowest BCUT2D eigenvalue weighted by Crippen LogP contribution is -2.36. The number of nitrogens with one attached hydrogen (secondary N) is 1. The molecule has 0 radical (unpaired) electrons. The maximum atomic E-state index is 7.89. The topological polar surface area (TPSA) is 39.6 Å². The summed E-state index contributed by atoms with van der Waals surface area (Å²) in [5.74, 6) is 0.745. The highest BCUT2D eigenvalue weighted by Gasteiger charge is 2.18. The first-order valence-corrected chi connectivity index (χ1v) is 6.62. The van der Waals surface area contributed by atoms with Gasteiger partial charge >= 0.3 is 0 Å². The van der Waals surface area contributed by atoms with Crippen LogP contribution in [0.5, 0.6) is 0 Å². The third-order valence-corrected chi connectivity index (χ3v) is 3.66. The fourth-order valence-electron chi connectivity index (χ4n) is 2.62. The van der Waals surface area contributed by atoms with Crippen molar-refractivity contribution in [3.8, 4) is 0 Å². The normalized spacial score (nSPS) is 20.6. The van der Waals surface area contributed by atoms with E-state index >= 15 is 0 Å². The van der Waals surface area contributed by atoms with Gasteiger partial charge in [0.15, 0.2) is 0 Å². The number of hydrogen-bond acceptors (Lipinski definition) is 3. The predicted octanol–water partition coefficient (Wildman–Crippen LogP) is 2.10. The Kier molecular flexibility index (Phi) is 3.19. The summed E-state index contributed by atoms with van der Waals surface area (Å²) >= 11 is 0. The standard InChI is InChI=1S/C14H19N3O/c15-14-2-1-7-17(14)13-5-3-12(4-6-13)16-8-10-18-11-9-16/h3-6,15H,1-2,7-11H2. The van der Waals surface area contributed by atoms with Crippen molar-refractivity contribution >= 4 is 17.2 Å². The van der Waals surface area contributed by atoms with Crippen molar-refractivity contribution in [2.45, 2.75) is 12.8 Å². The van der Waals surface area contributed by atoms with Gasteiger partial charge in [0.2, 0.25) is 0 Å². The first kappa shape index (κ1) is 11.5. The Balaban J connectivity index is 1.74. The monoisotopic (exact) mass is 245 g/mol. The lowest BCUT2D eigenvalue weighted by Gasteiger charge is -2.29. The second-order valence-electron chi connectivity index (χ2n) is 4.82. The van der Waals surface area contributed by atoms with Crippen molar-refractivity contribution in [3.63, 3.8) is 0 Å². The molecule has 0 spiro atoms. The van der Waals surface area contributed by atoms with Crippen molar-refractivity contribution in [2.75, 3.05) is 42.6 Å². The van der Waals surface area contributed by atoms with Gasteiger partial charge in [0.05, 0.1) is 13.2 Å². The van der Waals surface area contributed by atoms with Crippen LogP contribution in [0, 0.1) is 5.41 Å². The van der Waals surface area contributed by atoms with Crippen LogP contribution >= 0.6 is 0 Å². The lowest BCUT2D eigenvalue weighted by atomic mass is 10.2. The third-order valence-electron chi connectivity index (χ3n) is 3.66. The van der Waals surface area contributed by atoms with Crippen molar-refractivity contribution in [1.82, 2.24) is 0 Å². The summed E-state index contributed by atoms with van der Waals surface area (Å²) in [6, 6.07) is 8.58. The van der Waals surface area contributed by atoms with Gasteiger partial charge in [-0.25, -0.2) is 0 Å². The number of anilines is 2. The lowest BCUT2D eigenvalue weighted by molar-refractivity contribution is 0.122. The maximum Gasteiger partial charge on any atom is 0.100 e. The molecule has 3 rings (SSSR count). The van der Waals surface area contributed by atoms with Gasteiger partial charge in [-0.1, -0.05) is 0 Å². The van der Waals surface area contributed by atoms with Crippen molar-refractivity contribution < 1.29 is 4.74 Å².